The van der Waals surface area contributed by atoms with Gasteiger partial charge in [-0.05, 0) is 0 Å². The highest BCUT2D eigenvalue weighted by Crippen LogP contribution is 2.27. The molecule has 0 aromatic rings. The second kappa shape index (κ2) is 3.25. The maximum Gasteiger partial charge on any atom is 0.317 e. The van der Waals surface area contributed by atoms with Crippen LogP contribution in [0.15, 0.2) is 0 Å². The Balaban J connectivity index is 2.41. The van der Waals surface area contributed by atoms with Crippen molar-refractivity contribution in [3.63, 3.8) is 0 Å². The number of alkyl halides is 2. The van der Waals surface area contributed by atoms with E-state index in [1.54, 1.807) is 0 Å². The third-order valence-corrected chi connectivity index (χ3v) is 2.00. The summed E-state index contributed by atoms with van der Waals surface area (Å²) in [5.74, 6) is -2.58. The van der Waals surface area contributed by atoms with Crippen molar-refractivity contribution in [3.8, 4) is 0 Å². The van der Waals surface area contributed by atoms with Crippen molar-refractivity contribution < 1.29 is 13.6 Å². The largest absolute Gasteiger partial charge is 0.341 e. The van der Waals surface area contributed by atoms with Crippen LogP contribution in [0.1, 0.15) is 12.8 Å². The Morgan fingerprint density at radius 1 is 1.42 bits per heavy atom. The first-order valence-electron chi connectivity index (χ1n) is 3.90. The Bertz CT molecular complexity index is 174. The summed E-state index contributed by atoms with van der Waals surface area (Å²) in [5, 5.41) is 2.40. The van der Waals surface area contributed by atoms with Crippen LogP contribution in [0.4, 0.5) is 13.6 Å². The molecule has 0 spiro atoms. The lowest BCUT2D eigenvalue weighted by Crippen LogP contribution is -2.46. The van der Waals surface area contributed by atoms with Gasteiger partial charge in [0, 0.05) is 33.0 Å². The summed E-state index contributed by atoms with van der Waals surface area (Å²) >= 11 is 0. The van der Waals surface area contributed by atoms with Crippen molar-refractivity contribution in [1.82, 2.24) is 10.2 Å². The molecule has 2 amide bonds. The first-order chi connectivity index (χ1) is 5.55. The van der Waals surface area contributed by atoms with Crippen LogP contribution in [0.5, 0.6) is 0 Å². The van der Waals surface area contributed by atoms with Crippen LogP contribution in [0.25, 0.3) is 0 Å². The average molecular weight is 178 g/mol. The van der Waals surface area contributed by atoms with E-state index >= 15 is 0 Å². The van der Waals surface area contributed by atoms with Gasteiger partial charge in [-0.1, -0.05) is 0 Å². The molecule has 5 heteroatoms. The second-order valence-corrected chi connectivity index (χ2v) is 2.90. The average Bonchev–Trinajstić information content (AvgIpc) is 2.03. The Labute approximate surface area is 69.7 Å². The lowest BCUT2D eigenvalue weighted by Gasteiger charge is -2.31. The topological polar surface area (TPSA) is 32.3 Å². The number of rotatable bonds is 0. The number of nitrogens with one attached hydrogen (secondary N) is 1. The molecule has 3 nitrogen and oxygen atoms in total. The van der Waals surface area contributed by atoms with E-state index in [0.717, 1.165) is 0 Å². The molecule has 0 atom stereocenters. The molecule has 1 saturated heterocycles. The van der Waals surface area contributed by atoms with E-state index in [0.29, 0.717) is 0 Å². The zero-order valence-electron chi connectivity index (χ0n) is 6.94. The molecular formula is C7H12F2N2O. The summed E-state index contributed by atoms with van der Waals surface area (Å²) in [5.41, 5.74) is 0. The summed E-state index contributed by atoms with van der Waals surface area (Å²) in [4.78, 5) is 12.3. The van der Waals surface area contributed by atoms with Gasteiger partial charge in [-0.3, -0.25) is 0 Å². The summed E-state index contributed by atoms with van der Waals surface area (Å²) in [6.45, 7) is 0.291. The number of nitrogens with zero attached hydrogens (tertiary/aromatic N) is 1. The van der Waals surface area contributed by atoms with Gasteiger partial charge < -0.3 is 10.2 Å². The van der Waals surface area contributed by atoms with Gasteiger partial charge >= 0.3 is 6.03 Å². The molecule has 0 radical (unpaired) electrons. The quantitative estimate of drug-likeness (QED) is 0.591. The Hall–Kier alpha value is -0.870. The maximum atomic E-state index is 12.6. The summed E-state index contributed by atoms with van der Waals surface area (Å²) in [7, 11) is 1.50. The molecule has 1 rings (SSSR count). The van der Waals surface area contributed by atoms with Crippen LogP contribution in [-0.2, 0) is 0 Å². The number of likely N-dealkylation sites (tertiary alicyclic amines) is 1. The number of urea groups is 1. The van der Waals surface area contributed by atoms with Gasteiger partial charge in [0.1, 0.15) is 0 Å². The van der Waals surface area contributed by atoms with Crippen LogP contribution in [-0.4, -0.2) is 37.0 Å². The number of hydrogen-bond acceptors (Lipinski definition) is 1. The van der Waals surface area contributed by atoms with Gasteiger partial charge in [0.15, 0.2) is 0 Å². The number of halogens is 2. The minimum atomic E-state index is -2.58. The molecule has 0 unspecified atom stereocenters. The van der Waals surface area contributed by atoms with Crippen molar-refractivity contribution in [2.75, 3.05) is 20.1 Å². The monoisotopic (exact) mass is 178 g/mol. The minimum Gasteiger partial charge on any atom is -0.341 e. The Morgan fingerprint density at radius 3 is 2.33 bits per heavy atom. The van der Waals surface area contributed by atoms with Crippen LogP contribution >= 0.6 is 0 Å². The highest BCUT2D eigenvalue weighted by atomic mass is 19.3. The number of hydrogen-bond donors (Lipinski definition) is 1. The van der Waals surface area contributed by atoms with Gasteiger partial charge in [-0.2, -0.15) is 0 Å². The summed E-state index contributed by atoms with van der Waals surface area (Å²) in [6.07, 6.45) is -0.444. The molecular weight excluding hydrogens is 166 g/mol. The van der Waals surface area contributed by atoms with Gasteiger partial charge in [-0.25, -0.2) is 13.6 Å². The van der Waals surface area contributed by atoms with Crippen LogP contribution in [0.3, 0.4) is 0 Å². The molecule has 1 aliphatic heterocycles. The summed E-state index contributed by atoms with van der Waals surface area (Å²) < 4.78 is 25.2. The Kier molecular flexibility index (Phi) is 2.49. The predicted molar refractivity (Wildman–Crippen MR) is 40.2 cm³/mol. The first-order valence-corrected chi connectivity index (χ1v) is 3.90. The van der Waals surface area contributed by atoms with Crippen molar-refractivity contribution in [2.24, 2.45) is 0 Å². The normalized spacial score (nSPS) is 22.1. The van der Waals surface area contributed by atoms with Crippen molar-refractivity contribution in [3.05, 3.63) is 0 Å². The van der Waals surface area contributed by atoms with E-state index in [1.807, 2.05) is 0 Å². The smallest absolute Gasteiger partial charge is 0.317 e. The molecule has 1 N–H and O–H groups in total. The molecule has 1 fully saturated rings. The van der Waals surface area contributed by atoms with Crippen molar-refractivity contribution in [1.29, 1.82) is 0 Å². The molecule has 12 heavy (non-hydrogen) atoms. The van der Waals surface area contributed by atoms with E-state index in [-0.39, 0.29) is 32.0 Å². The summed E-state index contributed by atoms with van der Waals surface area (Å²) in [6, 6.07) is -0.273. The third-order valence-electron chi connectivity index (χ3n) is 2.00. The van der Waals surface area contributed by atoms with E-state index in [9.17, 15) is 13.6 Å². The second-order valence-electron chi connectivity index (χ2n) is 2.90. The van der Waals surface area contributed by atoms with Crippen molar-refractivity contribution in [2.45, 2.75) is 18.8 Å². The van der Waals surface area contributed by atoms with Gasteiger partial charge in [-0.15, -0.1) is 0 Å². The van der Waals surface area contributed by atoms with Crippen LogP contribution in [0.2, 0.25) is 0 Å². The highest BCUT2D eigenvalue weighted by Gasteiger charge is 2.35. The zero-order valence-corrected chi connectivity index (χ0v) is 6.94. The SMILES string of the molecule is CNC(=O)N1CCC(F)(F)CC1. The molecule has 1 heterocycles. The fourth-order valence-electron chi connectivity index (χ4n) is 1.20. The highest BCUT2D eigenvalue weighted by molar-refractivity contribution is 5.73. The Morgan fingerprint density at radius 2 is 1.92 bits per heavy atom. The molecule has 70 valence electrons. The molecule has 1 aliphatic rings. The number of amides is 2. The number of carbonyl (C=O) groups is 1. The maximum absolute atomic E-state index is 12.6. The number of carbonyl (C=O) groups excluding carboxylic acids is 1. The molecule has 0 aliphatic carbocycles. The number of piperidine rings is 1. The predicted octanol–water partition coefficient (Wildman–Crippen LogP) is 1.06. The molecule has 0 saturated carbocycles. The molecule has 0 aromatic heterocycles. The standard InChI is InChI=1S/C7H12F2N2O/c1-10-6(12)11-4-2-7(8,9)3-5-11/h2-5H2,1H3,(H,10,12). The van der Waals surface area contributed by atoms with Crippen molar-refractivity contribution >= 4 is 6.03 Å². The first kappa shape index (κ1) is 9.22. The fraction of sp³-hybridized carbons (Fsp3) is 0.857. The van der Waals surface area contributed by atoms with Crippen LogP contribution < -0.4 is 5.32 Å². The lowest BCUT2D eigenvalue weighted by molar-refractivity contribution is -0.0468. The molecule has 0 aromatic carbocycles. The van der Waals surface area contributed by atoms with Gasteiger partial charge in [0.25, 0.3) is 5.92 Å². The van der Waals surface area contributed by atoms with E-state index in [2.05, 4.69) is 5.32 Å². The minimum absolute atomic E-state index is 0.146. The molecule has 0 bridgehead atoms. The van der Waals surface area contributed by atoms with Crippen LogP contribution in [0, 0.1) is 0 Å². The van der Waals surface area contributed by atoms with E-state index in [4.69, 9.17) is 0 Å². The lowest BCUT2D eigenvalue weighted by atomic mass is 10.1. The van der Waals surface area contributed by atoms with E-state index in [1.165, 1.54) is 11.9 Å². The third kappa shape index (κ3) is 2.06. The van der Waals surface area contributed by atoms with E-state index < -0.39 is 5.92 Å². The fourth-order valence-corrected chi connectivity index (χ4v) is 1.20. The zero-order chi connectivity index (χ0) is 9.19. The van der Waals surface area contributed by atoms with Gasteiger partial charge in [0.2, 0.25) is 0 Å². The van der Waals surface area contributed by atoms with Gasteiger partial charge in [0.05, 0.1) is 0 Å².